The Morgan fingerprint density at radius 2 is 1.95 bits per heavy atom. The Bertz CT molecular complexity index is 677. The van der Waals surface area contributed by atoms with Gasteiger partial charge in [-0.3, -0.25) is 4.72 Å². The summed E-state index contributed by atoms with van der Waals surface area (Å²) in [4.78, 5) is 0.858. The maximum Gasteiger partial charge on any atom is 0.271 e. The van der Waals surface area contributed by atoms with Crippen molar-refractivity contribution in [3.05, 3.63) is 46.8 Å². The Morgan fingerprint density at radius 3 is 2.65 bits per heavy atom. The van der Waals surface area contributed by atoms with Crippen molar-refractivity contribution in [3.63, 3.8) is 0 Å². The Balaban J connectivity index is 2.26. The third-order valence-electron chi connectivity index (χ3n) is 2.90. The molecule has 4 nitrogen and oxygen atoms in total. The molecule has 0 unspecified atom stereocenters. The first kappa shape index (κ1) is 15.0. The van der Waals surface area contributed by atoms with E-state index < -0.39 is 10.0 Å². The molecule has 0 aliphatic carbocycles. The number of hydrogen-bond acceptors (Lipinski definition) is 4. The van der Waals surface area contributed by atoms with Crippen LogP contribution >= 0.6 is 11.3 Å². The number of thiophene rings is 1. The quantitative estimate of drug-likeness (QED) is 0.862. The molecular weight excluding hydrogens is 294 g/mol. The number of aliphatic hydroxyl groups is 1. The van der Waals surface area contributed by atoms with Gasteiger partial charge in [0.05, 0.1) is 5.69 Å². The van der Waals surface area contributed by atoms with Gasteiger partial charge in [0.15, 0.2) is 0 Å². The number of sulfonamides is 1. The summed E-state index contributed by atoms with van der Waals surface area (Å²) in [5, 5.41) is 8.88. The van der Waals surface area contributed by atoms with Crippen molar-refractivity contribution in [2.24, 2.45) is 0 Å². The van der Waals surface area contributed by atoms with Crippen LogP contribution in [0.15, 0.2) is 40.6 Å². The molecule has 0 saturated heterocycles. The Kier molecular flexibility index (Phi) is 4.80. The molecule has 0 amide bonds. The van der Waals surface area contributed by atoms with Crippen molar-refractivity contribution in [2.45, 2.75) is 24.0 Å². The fourth-order valence-electron chi connectivity index (χ4n) is 1.87. The van der Waals surface area contributed by atoms with Gasteiger partial charge in [0.2, 0.25) is 0 Å². The van der Waals surface area contributed by atoms with E-state index in [1.54, 1.807) is 18.2 Å². The average molecular weight is 311 g/mol. The molecule has 0 aliphatic heterocycles. The van der Waals surface area contributed by atoms with E-state index in [2.05, 4.69) is 4.72 Å². The number of aliphatic hydroxyl groups excluding tert-OH is 1. The van der Waals surface area contributed by atoms with Crippen molar-refractivity contribution in [1.29, 1.82) is 0 Å². The van der Waals surface area contributed by atoms with Crippen LogP contribution < -0.4 is 4.72 Å². The number of anilines is 1. The van der Waals surface area contributed by atoms with Crippen LogP contribution in [0.1, 0.15) is 17.4 Å². The third-order valence-corrected chi connectivity index (χ3v) is 5.90. The average Bonchev–Trinajstić information content (AvgIpc) is 2.89. The van der Waals surface area contributed by atoms with E-state index in [9.17, 15) is 8.42 Å². The van der Waals surface area contributed by atoms with Gasteiger partial charge in [0.1, 0.15) is 4.21 Å². The summed E-state index contributed by atoms with van der Waals surface area (Å²) in [6.45, 7) is 2.00. The molecular formula is C14H17NO3S2. The molecule has 0 spiro atoms. The van der Waals surface area contributed by atoms with E-state index in [0.29, 0.717) is 12.1 Å². The monoisotopic (exact) mass is 311 g/mol. The molecule has 2 rings (SSSR count). The molecule has 0 bridgehead atoms. The lowest BCUT2D eigenvalue weighted by Crippen LogP contribution is -2.12. The van der Waals surface area contributed by atoms with Crippen LogP contribution in [0.3, 0.4) is 0 Å². The zero-order chi connectivity index (χ0) is 14.6. The van der Waals surface area contributed by atoms with Crippen LogP contribution in [0.5, 0.6) is 0 Å². The van der Waals surface area contributed by atoms with Gasteiger partial charge < -0.3 is 5.11 Å². The highest BCUT2D eigenvalue weighted by Gasteiger charge is 2.17. The molecule has 1 aromatic heterocycles. The summed E-state index contributed by atoms with van der Waals surface area (Å²) < 4.78 is 27.5. The van der Waals surface area contributed by atoms with Gasteiger partial charge in [-0.1, -0.05) is 25.1 Å². The van der Waals surface area contributed by atoms with Crippen LogP contribution in [-0.4, -0.2) is 20.1 Å². The molecule has 2 aromatic rings. The minimum atomic E-state index is -3.56. The summed E-state index contributed by atoms with van der Waals surface area (Å²) in [6, 6.07) is 10.7. The Morgan fingerprint density at radius 1 is 1.20 bits per heavy atom. The van der Waals surface area contributed by atoms with Crippen LogP contribution in [0.2, 0.25) is 0 Å². The van der Waals surface area contributed by atoms with Gasteiger partial charge in [-0.05, 0) is 30.2 Å². The highest BCUT2D eigenvalue weighted by molar-refractivity contribution is 7.94. The highest BCUT2D eigenvalue weighted by atomic mass is 32.2. The number of para-hydroxylation sites is 1. The lowest BCUT2D eigenvalue weighted by Gasteiger charge is -2.10. The molecule has 0 saturated carbocycles. The molecule has 20 heavy (non-hydrogen) atoms. The molecule has 1 heterocycles. The predicted octanol–water partition coefficient (Wildman–Crippen LogP) is 2.65. The Labute approximate surface area is 123 Å². The van der Waals surface area contributed by atoms with Gasteiger partial charge in [-0.2, -0.15) is 0 Å². The van der Waals surface area contributed by atoms with Gasteiger partial charge in [0.25, 0.3) is 10.0 Å². The second-order valence-electron chi connectivity index (χ2n) is 4.31. The highest BCUT2D eigenvalue weighted by Crippen LogP contribution is 2.25. The zero-order valence-electron chi connectivity index (χ0n) is 11.2. The predicted molar refractivity (Wildman–Crippen MR) is 81.7 cm³/mol. The maximum atomic E-state index is 12.3. The normalized spacial score (nSPS) is 11.5. The van der Waals surface area contributed by atoms with Gasteiger partial charge >= 0.3 is 0 Å². The summed E-state index contributed by atoms with van der Waals surface area (Å²) in [7, 11) is -3.56. The Hall–Kier alpha value is -1.37. The van der Waals surface area contributed by atoms with E-state index >= 15 is 0 Å². The number of nitrogens with one attached hydrogen (secondary N) is 1. The van der Waals surface area contributed by atoms with E-state index in [4.69, 9.17) is 5.11 Å². The number of benzene rings is 1. The van der Waals surface area contributed by atoms with Gasteiger partial charge in [0, 0.05) is 17.9 Å². The van der Waals surface area contributed by atoms with Crippen molar-refractivity contribution in [1.82, 2.24) is 0 Å². The van der Waals surface area contributed by atoms with Crippen molar-refractivity contribution in [3.8, 4) is 0 Å². The molecule has 0 aliphatic rings. The van der Waals surface area contributed by atoms with Crippen LogP contribution in [-0.2, 0) is 22.9 Å². The second-order valence-corrected chi connectivity index (χ2v) is 7.39. The van der Waals surface area contributed by atoms with Crippen molar-refractivity contribution < 1.29 is 13.5 Å². The molecule has 0 fully saturated rings. The minimum Gasteiger partial charge on any atom is -0.396 e. The summed E-state index contributed by atoms with van der Waals surface area (Å²) >= 11 is 1.19. The molecule has 0 atom stereocenters. The summed E-state index contributed by atoms with van der Waals surface area (Å²) in [5.74, 6) is 0. The van der Waals surface area contributed by atoms with Crippen LogP contribution in [0.4, 0.5) is 5.69 Å². The fourth-order valence-corrected chi connectivity index (χ4v) is 4.32. The summed E-state index contributed by atoms with van der Waals surface area (Å²) in [6.07, 6.45) is 1.24. The van der Waals surface area contributed by atoms with Crippen LogP contribution in [0.25, 0.3) is 0 Å². The van der Waals surface area contributed by atoms with Crippen LogP contribution in [0, 0.1) is 0 Å². The van der Waals surface area contributed by atoms with E-state index in [1.807, 2.05) is 25.1 Å². The first-order valence-electron chi connectivity index (χ1n) is 6.37. The number of hydrogen-bond donors (Lipinski definition) is 2. The molecule has 6 heteroatoms. The first-order valence-corrected chi connectivity index (χ1v) is 8.67. The van der Waals surface area contributed by atoms with Gasteiger partial charge in [-0.15, -0.1) is 11.3 Å². The molecule has 108 valence electrons. The minimum absolute atomic E-state index is 0.0199. The largest absolute Gasteiger partial charge is 0.396 e. The molecule has 0 radical (unpaired) electrons. The van der Waals surface area contributed by atoms with Crippen molar-refractivity contribution >= 4 is 27.0 Å². The smallest absolute Gasteiger partial charge is 0.271 e. The third kappa shape index (κ3) is 3.39. The second kappa shape index (κ2) is 6.39. The SMILES string of the molecule is CCc1ccccc1NS(=O)(=O)c1ccc(CCO)s1. The zero-order valence-corrected chi connectivity index (χ0v) is 12.8. The lowest BCUT2D eigenvalue weighted by atomic mass is 10.1. The lowest BCUT2D eigenvalue weighted by molar-refractivity contribution is 0.300. The number of aryl methyl sites for hydroxylation is 1. The standard InChI is InChI=1S/C14H17NO3S2/c1-2-11-5-3-4-6-13(11)15-20(17,18)14-8-7-12(19-14)9-10-16/h3-8,15-16H,2,9-10H2,1H3. The summed E-state index contributed by atoms with van der Waals surface area (Å²) in [5.41, 5.74) is 1.58. The molecule has 2 N–H and O–H groups in total. The van der Waals surface area contributed by atoms with Gasteiger partial charge in [-0.25, -0.2) is 8.42 Å². The fraction of sp³-hybridized carbons (Fsp3) is 0.286. The topological polar surface area (TPSA) is 66.4 Å². The van der Waals surface area contributed by atoms with E-state index in [-0.39, 0.29) is 10.8 Å². The van der Waals surface area contributed by atoms with E-state index in [1.165, 1.54) is 11.3 Å². The first-order chi connectivity index (χ1) is 9.56. The van der Waals surface area contributed by atoms with E-state index in [0.717, 1.165) is 16.9 Å². The number of rotatable bonds is 6. The maximum absolute atomic E-state index is 12.3. The van der Waals surface area contributed by atoms with Crippen molar-refractivity contribution in [2.75, 3.05) is 11.3 Å². The molecule has 1 aromatic carbocycles.